The van der Waals surface area contributed by atoms with Crippen molar-refractivity contribution in [2.75, 3.05) is 11.9 Å². The van der Waals surface area contributed by atoms with Crippen LogP contribution in [0.25, 0.3) is 0 Å². The molecule has 9 heteroatoms. The third-order valence-electron chi connectivity index (χ3n) is 3.40. The Morgan fingerprint density at radius 2 is 1.50 bits per heavy atom. The molecule has 0 atom stereocenters. The Morgan fingerprint density at radius 1 is 0.821 bits per heavy atom. The number of hydrazine groups is 1. The molecule has 2 aromatic carbocycles. The number of nitrogens with one attached hydrogen (secondary N) is 3. The van der Waals surface area contributed by atoms with Gasteiger partial charge in [-0.25, -0.2) is 0 Å². The van der Waals surface area contributed by atoms with E-state index in [0.717, 1.165) is 0 Å². The second-order valence-electron chi connectivity index (χ2n) is 5.58. The zero-order chi connectivity index (χ0) is 20.4. The van der Waals surface area contributed by atoms with Crippen molar-refractivity contribution in [1.29, 1.82) is 0 Å². The molecule has 0 aliphatic carbocycles. The molecule has 0 saturated heterocycles. The summed E-state index contributed by atoms with van der Waals surface area (Å²) in [7, 11) is 0. The lowest BCUT2D eigenvalue weighted by Gasteiger charge is -2.08. The van der Waals surface area contributed by atoms with E-state index in [4.69, 9.17) is 16.3 Å². The number of anilines is 1. The van der Waals surface area contributed by atoms with Crippen molar-refractivity contribution < 1.29 is 23.9 Å². The smallest absolute Gasteiger partial charge is 0.306 e. The highest BCUT2D eigenvalue weighted by atomic mass is 35.5. The molecule has 0 spiro atoms. The van der Waals surface area contributed by atoms with E-state index >= 15 is 0 Å². The average molecular weight is 404 g/mol. The minimum atomic E-state index is -0.712. The second kappa shape index (κ2) is 10.7. The fraction of sp³-hybridized carbons (Fsp3) is 0.158. The number of ether oxygens (including phenoxy) is 1. The quantitative estimate of drug-likeness (QED) is 0.483. The van der Waals surface area contributed by atoms with Gasteiger partial charge in [-0.3, -0.25) is 30.0 Å². The van der Waals surface area contributed by atoms with Crippen molar-refractivity contribution in [3.05, 3.63) is 65.2 Å². The number of halogens is 1. The maximum absolute atomic E-state index is 11.8. The molecule has 0 radical (unpaired) electrons. The third-order valence-corrected chi connectivity index (χ3v) is 3.65. The predicted octanol–water partition coefficient (Wildman–Crippen LogP) is 2.06. The van der Waals surface area contributed by atoms with Crippen LogP contribution in [0.4, 0.5) is 5.69 Å². The Morgan fingerprint density at radius 3 is 2.18 bits per heavy atom. The van der Waals surface area contributed by atoms with Crippen LogP contribution in [0.1, 0.15) is 23.2 Å². The molecule has 0 fully saturated rings. The summed E-state index contributed by atoms with van der Waals surface area (Å²) in [6, 6.07) is 14.8. The summed E-state index contributed by atoms with van der Waals surface area (Å²) >= 11 is 5.74. The van der Waals surface area contributed by atoms with E-state index < -0.39 is 30.3 Å². The van der Waals surface area contributed by atoms with E-state index in [1.807, 2.05) is 0 Å². The molecule has 2 aromatic rings. The van der Waals surface area contributed by atoms with Crippen molar-refractivity contribution in [2.45, 2.75) is 12.8 Å². The zero-order valence-electron chi connectivity index (χ0n) is 14.7. The van der Waals surface area contributed by atoms with Crippen LogP contribution in [0.15, 0.2) is 54.6 Å². The summed E-state index contributed by atoms with van der Waals surface area (Å²) in [5.74, 6) is -2.27. The van der Waals surface area contributed by atoms with Crippen LogP contribution < -0.4 is 16.2 Å². The third kappa shape index (κ3) is 7.46. The van der Waals surface area contributed by atoms with Gasteiger partial charge in [0.2, 0.25) is 5.91 Å². The number of carbonyl (C=O) groups excluding carboxylic acids is 4. The van der Waals surface area contributed by atoms with Crippen LogP contribution in [0.5, 0.6) is 0 Å². The Hall–Kier alpha value is -3.39. The molecule has 0 aromatic heterocycles. The van der Waals surface area contributed by atoms with Gasteiger partial charge in [-0.1, -0.05) is 29.8 Å². The molecule has 3 N–H and O–H groups in total. The highest BCUT2D eigenvalue weighted by molar-refractivity contribution is 6.30. The van der Waals surface area contributed by atoms with Gasteiger partial charge >= 0.3 is 5.97 Å². The van der Waals surface area contributed by atoms with Gasteiger partial charge in [-0.15, -0.1) is 0 Å². The molecule has 0 bridgehead atoms. The van der Waals surface area contributed by atoms with Crippen LogP contribution in [-0.4, -0.2) is 30.3 Å². The van der Waals surface area contributed by atoms with E-state index in [-0.39, 0.29) is 12.8 Å². The summed E-state index contributed by atoms with van der Waals surface area (Å²) < 4.78 is 4.80. The molecule has 0 unspecified atom stereocenters. The average Bonchev–Trinajstić information content (AvgIpc) is 2.71. The monoisotopic (exact) mass is 403 g/mol. The predicted molar refractivity (Wildman–Crippen MR) is 102 cm³/mol. The first-order chi connectivity index (χ1) is 13.4. The molecule has 28 heavy (non-hydrogen) atoms. The first-order valence-corrected chi connectivity index (χ1v) is 8.67. The number of hydrogen-bond acceptors (Lipinski definition) is 5. The Labute approximate surface area is 166 Å². The fourth-order valence-corrected chi connectivity index (χ4v) is 2.14. The zero-order valence-corrected chi connectivity index (χ0v) is 15.5. The largest absolute Gasteiger partial charge is 0.456 e. The van der Waals surface area contributed by atoms with Gasteiger partial charge in [0.1, 0.15) is 0 Å². The number of hydrogen-bond donors (Lipinski definition) is 3. The van der Waals surface area contributed by atoms with Crippen molar-refractivity contribution in [3.63, 3.8) is 0 Å². The minimum absolute atomic E-state index is 0.202. The van der Waals surface area contributed by atoms with Crippen molar-refractivity contribution in [2.24, 2.45) is 0 Å². The number of esters is 1. The minimum Gasteiger partial charge on any atom is -0.456 e. The normalized spacial score (nSPS) is 9.89. The summed E-state index contributed by atoms with van der Waals surface area (Å²) in [6.45, 7) is -0.478. The van der Waals surface area contributed by atoms with Gasteiger partial charge in [0.15, 0.2) is 6.61 Å². The first-order valence-electron chi connectivity index (χ1n) is 8.29. The van der Waals surface area contributed by atoms with Crippen LogP contribution in [0.3, 0.4) is 0 Å². The van der Waals surface area contributed by atoms with Gasteiger partial charge < -0.3 is 10.1 Å². The van der Waals surface area contributed by atoms with Gasteiger partial charge in [0.25, 0.3) is 11.8 Å². The van der Waals surface area contributed by atoms with E-state index in [0.29, 0.717) is 16.3 Å². The highest BCUT2D eigenvalue weighted by Gasteiger charge is 2.12. The number of benzene rings is 2. The molecular formula is C19H18ClN3O5. The highest BCUT2D eigenvalue weighted by Crippen LogP contribution is 2.13. The van der Waals surface area contributed by atoms with Crippen molar-refractivity contribution in [3.8, 4) is 0 Å². The summed E-state index contributed by atoms with van der Waals surface area (Å²) in [4.78, 5) is 46.8. The SMILES string of the molecule is O=C(CCC(=O)OCC(=O)Nc1ccc(Cl)cc1)NNC(=O)c1ccccc1. The lowest BCUT2D eigenvalue weighted by atomic mass is 10.2. The molecule has 0 heterocycles. The molecule has 0 aliphatic heterocycles. The van der Waals surface area contributed by atoms with Crippen LogP contribution >= 0.6 is 11.6 Å². The maximum Gasteiger partial charge on any atom is 0.306 e. The molecule has 8 nitrogen and oxygen atoms in total. The van der Waals surface area contributed by atoms with Gasteiger partial charge in [-0.05, 0) is 36.4 Å². The second-order valence-corrected chi connectivity index (χ2v) is 6.02. The molecule has 2 rings (SSSR count). The van der Waals surface area contributed by atoms with E-state index in [1.54, 1.807) is 54.6 Å². The molecule has 146 valence electrons. The Balaban J connectivity index is 1.62. The summed E-state index contributed by atoms with van der Waals surface area (Å²) in [5, 5.41) is 3.07. The van der Waals surface area contributed by atoms with Gasteiger partial charge in [-0.2, -0.15) is 0 Å². The van der Waals surface area contributed by atoms with Crippen LogP contribution in [0, 0.1) is 0 Å². The molecule has 3 amide bonds. The van der Waals surface area contributed by atoms with Crippen molar-refractivity contribution >= 4 is 41.0 Å². The van der Waals surface area contributed by atoms with Gasteiger partial charge in [0, 0.05) is 22.7 Å². The fourth-order valence-electron chi connectivity index (χ4n) is 2.01. The molecule has 0 aliphatic rings. The molecular weight excluding hydrogens is 386 g/mol. The first kappa shape index (κ1) is 20.9. The number of rotatable bonds is 7. The van der Waals surface area contributed by atoms with E-state index in [1.165, 1.54) is 0 Å². The summed E-state index contributed by atoms with van der Waals surface area (Å²) in [6.07, 6.45) is -0.437. The summed E-state index contributed by atoms with van der Waals surface area (Å²) in [5.41, 5.74) is 5.34. The lowest BCUT2D eigenvalue weighted by molar-refractivity contribution is -0.148. The number of carbonyl (C=O) groups is 4. The van der Waals surface area contributed by atoms with E-state index in [2.05, 4.69) is 16.2 Å². The Kier molecular flexibility index (Phi) is 7.98. The van der Waals surface area contributed by atoms with Crippen molar-refractivity contribution in [1.82, 2.24) is 10.9 Å². The maximum atomic E-state index is 11.8. The van der Waals surface area contributed by atoms with E-state index in [9.17, 15) is 19.2 Å². The Bertz CT molecular complexity index is 840. The lowest BCUT2D eigenvalue weighted by Crippen LogP contribution is -2.41. The molecule has 0 saturated carbocycles. The standard InChI is InChI=1S/C19H18ClN3O5/c20-14-6-8-15(9-7-14)21-17(25)12-28-18(26)11-10-16(24)22-23-19(27)13-4-2-1-3-5-13/h1-9H,10-12H2,(H,21,25)(H,22,24)(H,23,27). The van der Waals surface area contributed by atoms with Gasteiger partial charge in [0.05, 0.1) is 6.42 Å². The topological polar surface area (TPSA) is 114 Å². The number of amides is 3. The van der Waals surface area contributed by atoms with Crippen LogP contribution in [-0.2, 0) is 19.1 Å². The van der Waals surface area contributed by atoms with Crippen LogP contribution in [0.2, 0.25) is 5.02 Å².